The zero-order valence-electron chi connectivity index (χ0n) is 25.1. The minimum absolute atomic E-state index is 0.523. The first-order valence-electron chi connectivity index (χ1n) is 13.3. The van der Waals surface area contributed by atoms with Gasteiger partial charge in [0.2, 0.25) is 0 Å². The molecule has 2 rings (SSSR count). The molecule has 0 aromatic carbocycles. The summed E-state index contributed by atoms with van der Waals surface area (Å²) in [7, 11) is 0. The summed E-state index contributed by atoms with van der Waals surface area (Å²) in [5, 5.41) is 10.6. The second-order valence-corrected chi connectivity index (χ2v) is 9.69. The molecule has 2 aliphatic heterocycles. The molecule has 0 bridgehead atoms. The monoisotopic (exact) mass is 636 g/mol. The van der Waals surface area contributed by atoms with Crippen LogP contribution >= 0.6 is 0 Å². The maximum Gasteiger partial charge on any atom is 0.303 e. The molecule has 0 aliphatic carbocycles. The van der Waals surface area contributed by atoms with Crippen LogP contribution in [0.1, 0.15) is 48.5 Å². The lowest BCUT2D eigenvalue weighted by atomic mass is 9.97. The predicted octanol–water partition coefficient (Wildman–Crippen LogP) is -1.40. The molecule has 0 aromatic rings. The smallest absolute Gasteiger partial charge is 0.303 e. The Morgan fingerprint density at radius 2 is 0.841 bits per heavy atom. The summed E-state index contributed by atoms with van der Waals surface area (Å²) in [6.07, 6.45) is -15.6. The quantitative estimate of drug-likeness (QED) is 0.203. The summed E-state index contributed by atoms with van der Waals surface area (Å²) in [5.74, 6) is -5.94. The molecule has 10 atom stereocenters. The number of hydrogen-bond donors (Lipinski definition) is 1. The van der Waals surface area contributed by atoms with Gasteiger partial charge in [-0.3, -0.25) is 33.6 Å². The van der Waals surface area contributed by atoms with Crippen molar-refractivity contribution in [2.24, 2.45) is 0 Å². The van der Waals surface area contributed by atoms with E-state index in [0.29, 0.717) is 0 Å². The fourth-order valence-corrected chi connectivity index (χ4v) is 4.52. The predicted molar refractivity (Wildman–Crippen MR) is 135 cm³/mol. The minimum atomic E-state index is -1.90. The van der Waals surface area contributed by atoms with Gasteiger partial charge in [0.1, 0.15) is 18.8 Å². The Kier molecular flexibility index (Phi) is 13.4. The summed E-state index contributed by atoms with van der Waals surface area (Å²) in [4.78, 5) is 83.0. The van der Waals surface area contributed by atoms with Gasteiger partial charge in [0.15, 0.2) is 49.2 Å². The van der Waals surface area contributed by atoms with E-state index < -0.39 is 116 Å². The third-order valence-corrected chi connectivity index (χ3v) is 5.89. The van der Waals surface area contributed by atoms with Crippen LogP contribution in [0.3, 0.4) is 0 Å². The number of esters is 7. The molecule has 0 unspecified atom stereocenters. The topological polar surface area (TPSA) is 232 Å². The molecule has 2 heterocycles. The van der Waals surface area contributed by atoms with Crippen molar-refractivity contribution in [3.8, 4) is 0 Å². The number of rotatable bonds is 11. The molecule has 18 heteroatoms. The van der Waals surface area contributed by atoms with E-state index in [9.17, 15) is 38.7 Å². The van der Waals surface area contributed by atoms with Crippen molar-refractivity contribution in [3.05, 3.63) is 0 Å². The minimum Gasteiger partial charge on any atom is -0.463 e. The maximum atomic E-state index is 12.1. The Balaban J connectivity index is 2.48. The SMILES string of the molecule is CC(=O)OC[C@@H]1O[C@@H](OC[C@H]2O[C@@H](O)[C@@H](OC(C)=O)[C@@H](OC(C)=O)[C@H]2OC(C)=O)[C@@H](OC(C)=O)[C@@H](OC(C)=O)[C@@H]1OC(C)=O. The van der Waals surface area contributed by atoms with E-state index in [1.165, 1.54) is 0 Å². The van der Waals surface area contributed by atoms with Crippen LogP contribution in [-0.4, -0.2) is 122 Å². The van der Waals surface area contributed by atoms with Crippen LogP contribution in [0.5, 0.6) is 0 Å². The highest BCUT2D eigenvalue weighted by molar-refractivity contribution is 5.69. The molecule has 248 valence electrons. The highest BCUT2D eigenvalue weighted by atomic mass is 16.7. The van der Waals surface area contributed by atoms with Crippen molar-refractivity contribution in [3.63, 3.8) is 0 Å². The van der Waals surface area contributed by atoms with Gasteiger partial charge < -0.3 is 52.5 Å². The van der Waals surface area contributed by atoms with Gasteiger partial charge in [-0.05, 0) is 0 Å². The molecule has 1 N–H and O–H groups in total. The average molecular weight is 637 g/mol. The molecule has 2 saturated heterocycles. The number of ether oxygens (including phenoxy) is 10. The van der Waals surface area contributed by atoms with Crippen molar-refractivity contribution in [2.75, 3.05) is 13.2 Å². The van der Waals surface area contributed by atoms with E-state index in [1.807, 2.05) is 0 Å². The number of hydrogen-bond acceptors (Lipinski definition) is 18. The number of carbonyl (C=O) groups is 7. The molecule has 44 heavy (non-hydrogen) atoms. The number of aliphatic hydroxyl groups is 1. The standard InChI is InChI=1S/C26H36O18/c1-10(27)35-8-18-20(38-12(3)29)22(40-14(5)31)24(42-16(7)33)26(44-18)36-9-17-19(37-11(2)28)21(39-13(4)30)23(25(34)43-17)41-15(6)32/h17-26,34H,8-9H2,1-7H3/t17-,18+,19+,20-,21+,22+,23+,24+,25-,26-/m1/s1. The third kappa shape index (κ3) is 10.7. The molecular formula is C26H36O18. The first-order chi connectivity index (χ1) is 20.5. The molecular weight excluding hydrogens is 600 g/mol. The first-order valence-corrected chi connectivity index (χ1v) is 13.3. The first kappa shape index (κ1) is 36.3. The van der Waals surface area contributed by atoms with E-state index in [0.717, 1.165) is 48.5 Å². The molecule has 0 saturated carbocycles. The van der Waals surface area contributed by atoms with Crippen molar-refractivity contribution >= 4 is 41.8 Å². The molecule has 2 fully saturated rings. The second-order valence-electron chi connectivity index (χ2n) is 9.69. The number of carbonyl (C=O) groups excluding carboxylic acids is 7. The van der Waals surface area contributed by atoms with Crippen molar-refractivity contribution < 1.29 is 86.0 Å². The zero-order chi connectivity index (χ0) is 33.3. The fourth-order valence-electron chi connectivity index (χ4n) is 4.52. The lowest BCUT2D eigenvalue weighted by Crippen LogP contribution is -2.64. The van der Waals surface area contributed by atoms with Crippen LogP contribution in [0.2, 0.25) is 0 Å². The summed E-state index contributed by atoms with van der Waals surface area (Å²) in [6.45, 7) is 6.15. The van der Waals surface area contributed by atoms with Crippen LogP contribution in [0.15, 0.2) is 0 Å². The molecule has 2 aliphatic rings. The summed E-state index contributed by atoms with van der Waals surface area (Å²) in [6, 6.07) is 0. The average Bonchev–Trinajstić information content (AvgIpc) is 2.87. The lowest BCUT2D eigenvalue weighted by molar-refractivity contribution is -0.330. The highest BCUT2D eigenvalue weighted by Gasteiger charge is 2.55. The maximum absolute atomic E-state index is 12.1. The van der Waals surface area contributed by atoms with E-state index in [1.54, 1.807) is 0 Å². The van der Waals surface area contributed by atoms with Crippen molar-refractivity contribution in [1.29, 1.82) is 0 Å². The van der Waals surface area contributed by atoms with Gasteiger partial charge in [-0.2, -0.15) is 0 Å². The van der Waals surface area contributed by atoms with Crippen LogP contribution < -0.4 is 0 Å². The van der Waals surface area contributed by atoms with Gasteiger partial charge in [0, 0.05) is 48.5 Å². The van der Waals surface area contributed by atoms with Gasteiger partial charge in [-0.1, -0.05) is 0 Å². The van der Waals surface area contributed by atoms with Gasteiger partial charge in [-0.25, -0.2) is 0 Å². The number of aliphatic hydroxyl groups excluding tert-OH is 1. The Hall–Kier alpha value is -3.87. The summed E-state index contributed by atoms with van der Waals surface area (Å²) < 4.78 is 53.7. The molecule has 18 nitrogen and oxygen atoms in total. The van der Waals surface area contributed by atoms with Gasteiger partial charge in [0.25, 0.3) is 0 Å². The highest BCUT2D eigenvalue weighted by Crippen LogP contribution is 2.32. The third-order valence-electron chi connectivity index (χ3n) is 5.89. The Bertz CT molecular complexity index is 1090. The summed E-state index contributed by atoms with van der Waals surface area (Å²) in [5.41, 5.74) is 0. The Morgan fingerprint density at radius 3 is 1.27 bits per heavy atom. The van der Waals surface area contributed by atoms with Crippen LogP contribution in [0.4, 0.5) is 0 Å². The van der Waals surface area contributed by atoms with Gasteiger partial charge >= 0.3 is 41.8 Å². The Morgan fingerprint density at radius 1 is 0.477 bits per heavy atom. The van der Waals surface area contributed by atoms with Crippen LogP contribution in [0, 0.1) is 0 Å². The molecule has 0 radical (unpaired) electrons. The largest absolute Gasteiger partial charge is 0.463 e. The van der Waals surface area contributed by atoms with Gasteiger partial charge in [-0.15, -0.1) is 0 Å². The van der Waals surface area contributed by atoms with Gasteiger partial charge in [0.05, 0.1) is 6.61 Å². The van der Waals surface area contributed by atoms with Crippen molar-refractivity contribution in [1.82, 2.24) is 0 Å². The molecule has 0 spiro atoms. The van der Waals surface area contributed by atoms with E-state index in [2.05, 4.69) is 0 Å². The molecule has 0 aromatic heterocycles. The lowest BCUT2D eigenvalue weighted by Gasteiger charge is -2.45. The second kappa shape index (κ2) is 16.3. The normalized spacial score (nSPS) is 31.5. The van der Waals surface area contributed by atoms with E-state index >= 15 is 0 Å². The van der Waals surface area contributed by atoms with Crippen molar-refractivity contribution in [2.45, 2.75) is 110 Å². The zero-order valence-corrected chi connectivity index (χ0v) is 25.1. The van der Waals surface area contributed by atoms with Crippen LogP contribution in [-0.2, 0) is 80.9 Å². The van der Waals surface area contributed by atoms with E-state index in [4.69, 9.17) is 47.4 Å². The fraction of sp³-hybridized carbons (Fsp3) is 0.731. The Labute approximate surface area is 251 Å². The van der Waals surface area contributed by atoms with E-state index in [-0.39, 0.29) is 0 Å². The summed E-state index contributed by atoms with van der Waals surface area (Å²) >= 11 is 0. The molecule has 0 amide bonds. The van der Waals surface area contributed by atoms with Crippen LogP contribution in [0.25, 0.3) is 0 Å².